The number of piperidine rings is 1. The smallest absolute Gasteiger partial charge is 0.253 e. The van der Waals surface area contributed by atoms with E-state index in [-0.39, 0.29) is 36.3 Å². The molecule has 3 heterocycles. The Morgan fingerprint density at radius 1 is 1.11 bits per heavy atom. The van der Waals surface area contributed by atoms with Crippen molar-refractivity contribution in [2.24, 2.45) is 0 Å². The number of benzene rings is 1. The molecule has 2 aliphatic rings. The minimum absolute atomic E-state index is 0. The zero-order valence-corrected chi connectivity index (χ0v) is 18.7. The van der Waals surface area contributed by atoms with Crippen LogP contribution in [0.2, 0.25) is 0 Å². The van der Waals surface area contributed by atoms with Crippen LogP contribution in [0.15, 0.2) is 41.1 Å². The first kappa shape index (κ1) is 23.2. The molecule has 1 amide bonds. The van der Waals surface area contributed by atoms with E-state index in [2.05, 4.69) is 45.1 Å². The molecule has 1 aromatic carbocycles. The van der Waals surface area contributed by atoms with Crippen molar-refractivity contribution in [3.8, 4) is 11.1 Å². The van der Waals surface area contributed by atoms with Gasteiger partial charge >= 0.3 is 0 Å². The summed E-state index contributed by atoms with van der Waals surface area (Å²) in [5.74, 6) is 0.176. The van der Waals surface area contributed by atoms with E-state index in [0.717, 1.165) is 63.1 Å². The number of carbonyl (C=O) groups excluding carboxylic acids is 1. The average molecular weight is 442 g/mol. The average Bonchev–Trinajstić information content (AvgIpc) is 3.17. The summed E-state index contributed by atoms with van der Waals surface area (Å²) in [4.78, 5) is 17.9. The van der Waals surface area contributed by atoms with Gasteiger partial charge < -0.3 is 10.2 Å². The third-order valence-electron chi connectivity index (χ3n) is 6.00. The molecule has 2 fully saturated rings. The molecule has 7 heteroatoms. The highest BCUT2D eigenvalue weighted by molar-refractivity contribution is 7.08. The monoisotopic (exact) mass is 441 g/mol. The molecule has 1 spiro atoms. The highest BCUT2D eigenvalue weighted by Gasteiger charge is 2.40. The molecule has 0 unspecified atom stereocenters. The minimum atomic E-state index is 0. The molecule has 4 rings (SSSR count). The molecular weight excluding hydrogens is 413 g/mol. The van der Waals surface area contributed by atoms with E-state index in [0.29, 0.717) is 0 Å². The van der Waals surface area contributed by atoms with Gasteiger partial charge in [0.25, 0.3) is 5.91 Å². The maximum absolute atomic E-state index is 13.3. The van der Waals surface area contributed by atoms with Gasteiger partial charge in [0.2, 0.25) is 0 Å². The Kier molecular flexibility index (Phi) is 8.34. The predicted molar refractivity (Wildman–Crippen MR) is 122 cm³/mol. The second-order valence-corrected chi connectivity index (χ2v) is 8.35. The molecule has 0 bridgehead atoms. The van der Waals surface area contributed by atoms with Crippen molar-refractivity contribution in [1.82, 2.24) is 15.1 Å². The third kappa shape index (κ3) is 4.71. The summed E-state index contributed by atoms with van der Waals surface area (Å²) in [6, 6.07) is 10.2. The third-order valence-corrected chi connectivity index (χ3v) is 6.69. The summed E-state index contributed by atoms with van der Waals surface area (Å²) in [5.41, 5.74) is 3.25. The van der Waals surface area contributed by atoms with Crippen LogP contribution in [-0.4, -0.2) is 61.0 Å². The molecular formula is C21H29Cl2N3OS. The largest absolute Gasteiger partial charge is 0.337 e. The summed E-state index contributed by atoms with van der Waals surface area (Å²) in [5, 5.41) is 7.68. The zero-order valence-electron chi connectivity index (χ0n) is 16.2. The lowest BCUT2D eigenvalue weighted by Gasteiger charge is -2.45. The number of nitrogens with zero attached hydrogens (tertiary/aromatic N) is 2. The number of halogens is 2. The van der Waals surface area contributed by atoms with E-state index in [1.54, 1.807) is 11.3 Å². The molecule has 0 radical (unpaired) electrons. The minimum Gasteiger partial charge on any atom is -0.337 e. The molecule has 0 aliphatic carbocycles. The van der Waals surface area contributed by atoms with Crippen molar-refractivity contribution >= 4 is 42.1 Å². The van der Waals surface area contributed by atoms with Crippen LogP contribution in [0, 0.1) is 0 Å². The number of carbonyl (C=O) groups is 1. The first-order valence-corrected chi connectivity index (χ1v) is 10.5. The molecule has 154 valence electrons. The van der Waals surface area contributed by atoms with Crippen molar-refractivity contribution in [3.05, 3.63) is 46.7 Å². The number of hydrogen-bond donors (Lipinski definition) is 1. The Balaban J connectivity index is 0.00000140. The molecule has 1 aromatic heterocycles. The first-order valence-electron chi connectivity index (χ1n) is 9.52. The summed E-state index contributed by atoms with van der Waals surface area (Å²) in [6.45, 7) is 4.84. The van der Waals surface area contributed by atoms with Gasteiger partial charge in [-0.1, -0.05) is 12.1 Å². The van der Waals surface area contributed by atoms with Crippen molar-refractivity contribution in [3.63, 3.8) is 0 Å². The summed E-state index contributed by atoms with van der Waals surface area (Å²) in [7, 11) is 2.23. The Labute approximate surface area is 184 Å². The second kappa shape index (κ2) is 10.1. The van der Waals surface area contributed by atoms with Crippen molar-refractivity contribution in [2.45, 2.75) is 24.8 Å². The lowest BCUT2D eigenvalue weighted by atomic mass is 9.86. The SMILES string of the molecule is CN1CCCN(C(=O)c2cccc(-c3ccsc3)c2)CC12CCNCC2.Cl.Cl. The lowest BCUT2D eigenvalue weighted by Crippen LogP contribution is -2.58. The van der Waals surface area contributed by atoms with Crippen molar-refractivity contribution < 1.29 is 4.79 Å². The van der Waals surface area contributed by atoms with E-state index in [9.17, 15) is 4.79 Å². The molecule has 2 saturated heterocycles. The highest BCUT2D eigenvalue weighted by atomic mass is 35.5. The first-order chi connectivity index (χ1) is 12.7. The fourth-order valence-corrected chi connectivity index (χ4v) is 5.00. The van der Waals surface area contributed by atoms with E-state index in [1.807, 2.05) is 18.2 Å². The molecule has 4 nitrogen and oxygen atoms in total. The van der Waals surface area contributed by atoms with Crippen molar-refractivity contribution in [2.75, 3.05) is 39.8 Å². The maximum Gasteiger partial charge on any atom is 0.253 e. The van der Waals surface area contributed by atoms with Crippen LogP contribution in [-0.2, 0) is 0 Å². The molecule has 2 aliphatic heterocycles. The van der Waals surface area contributed by atoms with Gasteiger partial charge in [-0.15, -0.1) is 24.8 Å². The van der Waals surface area contributed by atoms with E-state index >= 15 is 0 Å². The Morgan fingerprint density at radius 3 is 2.61 bits per heavy atom. The zero-order chi connectivity index (χ0) is 18.0. The summed E-state index contributed by atoms with van der Waals surface area (Å²) in [6.07, 6.45) is 3.27. The van der Waals surface area contributed by atoms with E-state index < -0.39 is 0 Å². The number of hydrogen-bond acceptors (Lipinski definition) is 4. The van der Waals surface area contributed by atoms with Crippen LogP contribution in [0.3, 0.4) is 0 Å². The normalized spacial score (nSPS) is 19.4. The summed E-state index contributed by atoms with van der Waals surface area (Å²) >= 11 is 1.69. The van der Waals surface area contributed by atoms with Gasteiger partial charge in [0.1, 0.15) is 0 Å². The fourth-order valence-electron chi connectivity index (χ4n) is 4.34. The number of rotatable bonds is 2. The molecule has 2 aromatic rings. The fraction of sp³-hybridized carbons (Fsp3) is 0.476. The number of likely N-dealkylation sites (N-methyl/N-ethyl adjacent to an activating group) is 1. The van der Waals surface area contributed by atoms with Crippen LogP contribution < -0.4 is 5.32 Å². The lowest BCUT2D eigenvalue weighted by molar-refractivity contribution is 0.0507. The Morgan fingerprint density at radius 2 is 1.89 bits per heavy atom. The van der Waals surface area contributed by atoms with Gasteiger partial charge in [0.15, 0.2) is 0 Å². The summed E-state index contributed by atoms with van der Waals surface area (Å²) < 4.78 is 0. The topological polar surface area (TPSA) is 35.6 Å². The highest BCUT2D eigenvalue weighted by Crippen LogP contribution is 2.30. The van der Waals surface area contributed by atoms with Crippen LogP contribution >= 0.6 is 36.2 Å². The van der Waals surface area contributed by atoms with Gasteiger partial charge in [-0.05, 0) is 79.5 Å². The number of amides is 1. The number of thiophene rings is 1. The Bertz CT molecular complexity index is 763. The van der Waals surface area contributed by atoms with Gasteiger partial charge in [0, 0.05) is 30.7 Å². The molecule has 1 N–H and O–H groups in total. The van der Waals surface area contributed by atoms with Crippen LogP contribution in [0.1, 0.15) is 29.6 Å². The quantitative estimate of drug-likeness (QED) is 0.759. The van der Waals surface area contributed by atoms with Crippen LogP contribution in [0.25, 0.3) is 11.1 Å². The van der Waals surface area contributed by atoms with Gasteiger partial charge in [-0.2, -0.15) is 11.3 Å². The van der Waals surface area contributed by atoms with Crippen LogP contribution in [0.4, 0.5) is 0 Å². The standard InChI is InChI=1S/C21H27N3OS.2ClH/c1-23-11-3-12-24(16-21(23)7-9-22-10-8-21)20(25)18-5-2-4-17(14-18)19-6-13-26-15-19;;/h2,4-6,13-15,22H,3,7-12,16H2,1H3;2*1H. The van der Waals surface area contributed by atoms with Crippen LogP contribution in [0.5, 0.6) is 0 Å². The maximum atomic E-state index is 13.3. The molecule has 28 heavy (non-hydrogen) atoms. The Hall–Kier alpha value is -1.11. The second-order valence-electron chi connectivity index (χ2n) is 7.57. The molecule has 0 saturated carbocycles. The van der Waals surface area contributed by atoms with E-state index in [4.69, 9.17) is 0 Å². The van der Waals surface area contributed by atoms with Crippen molar-refractivity contribution in [1.29, 1.82) is 0 Å². The van der Waals surface area contributed by atoms with Gasteiger partial charge in [-0.3, -0.25) is 9.69 Å². The predicted octanol–water partition coefficient (Wildman–Crippen LogP) is 4.16. The van der Waals surface area contributed by atoms with Gasteiger partial charge in [-0.25, -0.2) is 0 Å². The van der Waals surface area contributed by atoms with E-state index in [1.165, 1.54) is 5.56 Å². The molecule has 0 atom stereocenters. The van der Waals surface area contributed by atoms with Gasteiger partial charge in [0.05, 0.1) is 0 Å². The number of nitrogens with one attached hydrogen (secondary N) is 1.